The summed E-state index contributed by atoms with van der Waals surface area (Å²) < 4.78 is 2.06. The molecule has 0 atom stereocenters. The van der Waals surface area contributed by atoms with E-state index in [2.05, 4.69) is 36.8 Å². The molecule has 0 saturated heterocycles. The summed E-state index contributed by atoms with van der Waals surface area (Å²) in [7, 11) is 0. The second-order valence-electron chi connectivity index (χ2n) is 4.17. The van der Waals surface area contributed by atoms with E-state index in [4.69, 9.17) is 5.73 Å². The smallest absolute Gasteiger partial charge is 0.114 e. The van der Waals surface area contributed by atoms with Gasteiger partial charge in [0.15, 0.2) is 0 Å². The molecule has 1 heterocycles. The average molecular weight is 374 g/mol. The Morgan fingerprint density at radius 3 is 2.65 bits per heavy atom. The first kappa shape index (κ1) is 11.7. The van der Waals surface area contributed by atoms with Gasteiger partial charge < -0.3 is 5.73 Å². The van der Waals surface area contributed by atoms with Crippen LogP contribution in [0.15, 0.2) is 27.1 Å². The summed E-state index contributed by atoms with van der Waals surface area (Å²) in [5.74, 6) is 0.662. The molecule has 0 unspecified atom stereocenters. The minimum atomic E-state index is 0.662. The van der Waals surface area contributed by atoms with Crippen molar-refractivity contribution in [1.29, 1.82) is 0 Å². The number of nitrogens with zero attached hydrogens (tertiary/aromatic N) is 1. The van der Waals surface area contributed by atoms with Gasteiger partial charge in [-0.25, -0.2) is 4.98 Å². The number of nitrogens with two attached hydrogens (primary N) is 1. The molecule has 0 amide bonds. The Kier molecular flexibility index (Phi) is 3.00. The molecular formula is C12H10Br2N2S. The van der Waals surface area contributed by atoms with Gasteiger partial charge in [0.05, 0.1) is 5.01 Å². The van der Waals surface area contributed by atoms with E-state index >= 15 is 0 Å². The van der Waals surface area contributed by atoms with Gasteiger partial charge in [0.1, 0.15) is 10.7 Å². The highest BCUT2D eigenvalue weighted by Gasteiger charge is 2.28. The van der Waals surface area contributed by atoms with Crippen molar-refractivity contribution in [2.24, 2.45) is 0 Å². The number of hydrogen-bond donors (Lipinski definition) is 1. The molecule has 2 aromatic rings. The fourth-order valence-electron chi connectivity index (χ4n) is 1.70. The molecule has 2 N–H and O–H groups in total. The van der Waals surface area contributed by atoms with Crippen LogP contribution in [-0.2, 0) is 0 Å². The first-order valence-corrected chi connectivity index (χ1v) is 7.77. The molecule has 0 spiro atoms. The highest BCUT2D eigenvalue weighted by Crippen LogP contribution is 2.45. The molecule has 1 aromatic carbocycles. The third kappa shape index (κ3) is 2.28. The Hall–Kier alpha value is -0.390. The van der Waals surface area contributed by atoms with Crippen LogP contribution in [0, 0.1) is 0 Å². The molecule has 1 aliphatic carbocycles. The van der Waals surface area contributed by atoms with Crippen molar-refractivity contribution < 1.29 is 0 Å². The Morgan fingerprint density at radius 2 is 2.00 bits per heavy atom. The summed E-state index contributed by atoms with van der Waals surface area (Å²) in [6, 6.07) is 6.10. The number of anilines is 1. The van der Waals surface area contributed by atoms with Gasteiger partial charge in [-0.2, -0.15) is 0 Å². The van der Waals surface area contributed by atoms with Crippen LogP contribution < -0.4 is 5.73 Å². The van der Waals surface area contributed by atoms with Crippen molar-refractivity contribution in [2.45, 2.75) is 18.8 Å². The normalized spacial score (nSPS) is 15.2. The number of hydrogen-bond acceptors (Lipinski definition) is 3. The van der Waals surface area contributed by atoms with E-state index in [0.29, 0.717) is 5.92 Å². The molecule has 5 heteroatoms. The predicted octanol–water partition coefficient (Wildman–Crippen LogP) is 4.79. The van der Waals surface area contributed by atoms with Crippen LogP contribution in [0.5, 0.6) is 0 Å². The predicted molar refractivity (Wildman–Crippen MR) is 79.3 cm³/mol. The quantitative estimate of drug-likeness (QED) is 0.821. The van der Waals surface area contributed by atoms with Crippen molar-refractivity contribution in [2.75, 3.05) is 5.73 Å². The zero-order chi connectivity index (χ0) is 12.0. The Labute approximate surface area is 121 Å². The highest BCUT2D eigenvalue weighted by molar-refractivity contribution is 9.13. The van der Waals surface area contributed by atoms with Crippen LogP contribution in [0.25, 0.3) is 11.3 Å². The summed E-state index contributed by atoms with van der Waals surface area (Å²) in [6.07, 6.45) is 2.52. The maximum Gasteiger partial charge on any atom is 0.114 e. The Balaban J connectivity index is 2.04. The van der Waals surface area contributed by atoms with Gasteiger partial charge in [-0.1, -0.05) is 6.07 Å². The molecule has 2 nitrogen and oxygen atoms in total. The van der Waals surface area contributed by atoms with Gasteiger partial charge in [0.25, 0.3) is 0 Å². The first-order valence-electron chi connectivity index (χ1n) is 5.37. The van der Waals surface area contributed by atoms with Crippen molar-refractivity contribution in [3.8, 4) is 11.3 Å². The molecule has 0 aliphatic heterocycles. The zero-order valence-corrected chi connectivity index (χ0v) is 12.9. The Morgan fingerprint density at radius 1 is 1.24 bits per heavy atom. The lowest BCUT2D eigenvalue weighted by Gasteiger charge is -2.01. The third-order valence-corrected chi connectivity index (χ3v) is 5.72. The fraction of sp³-hybridized carbons (Fsp3) is 0.250. The van der Waals surface area contributed by atoms with Crippen LogP contribution in [0.3, 0.4) is 0 Å². The molecule has 1 aromatic heterocycles. The standard InChI is InChI=1S/C12H10Br2N2S/c13-8-4-3-7(5-9(8)14)10-11(15)17-12(16-10)6-1-2-6/h3-6H,1-2,15H2. The SMILES string of the molecule is Nc1sc(C2CC2)nc1-c1ccc(Br)c(Br)c1. The van der Waals surface area contributed by atoms with Gasteiger partial charge in [0, 0.05) is 20.4 Å². The number of aromatic nitrogens is 1. The second-order valence-corrected chi connectivity index (χ2v) is 6.94. The Bertz CT molecular complexity index is 576. The van der Waals surface area contributed by atoms with Gasteiger partial charge in [-0.05, 0) is 56.8 Å². The third-order valence-electron chi connectivity index (χ3n) is 2.79. The van der Waals surface area contributed by atoms with Crippen molar-refractivity contribution >= 4 is 48.2 Å². The summed E-state index contributed by atoms with van der Waals surface area (Å²) in [6.45, 7) is 0. The van der Waals surface area contributed by atoms with Gasteiger partial charge in [0.2, 0.25) is 0 Å². The van der Waals surface area contributed by atoms with Gasteiger partial charge in [-0.15, -0.1) is 11.3 Å². The van der Waals surface area contributed by atoms with E-state index in [-0.39, 0.29) is 0 Å². The van der Waals surface area contributed by atoms with Crippen LogP contribution in [0.2, 0.25) is 0 Å². The second kappa shape index (κ2) is 4.37. The first-order chi connectivity index (χ1) is 8.15. The molecule has 1 aliphatic rings. The minimum Gasteiger partial charge on any atom is -0.389 e. The summed E-state index contributed by atoms with van der Waals surface area (Å²) in [4.78, 5) is 4.67. The van der Waals surface area contributed by atoms with E-state index in [1.54, 1.807) is 11.3 Å². The number of benzene rings is 1. The van der Waals surface area contributed by atoms with Crippen LogP contribution in [0.1, 0.15) is 23.8 Å². The molecule has 0 bridgehead atoms. The van der Waals surface area contributed by atoms with Crippen molar-refractivity contribution in [3.05, 3.63) is 32.2 Å². The van der Waals surface area contributed by atoms with E-state index < -0.39 is 0 Å². The molecular weight excluding hydrogens is 364 g/mol. The van der Waals surface area contributed by atoms with Gasteiger partial charge >= 0.3 is 0 Å². The van der Waals surface area contributed by atoms with Crippen molar-refractivity contribution in [3.63, 3.8) is 0 Å². The molecule has 3 rings (SSSR count). The molecule has 88 valence electrons. The lowest BCUT2D eigenvalue weighted by molar-refractivity contribution is 1.09. The van der Waals surface area contributed by atoms with Crippen LogP contribution >= 0.6 is 43.2 Å². The van der Waals surface area contributed by atoms with Gasteiger partial charge in [-0.3, -0.25) is 0 Å². The fourth-order valence-corrected chi connectivity index (χ4v) is 3.35. The minimum absolute atomic E-state index is 0.662. The molecule has 17 heavy (non-hydrogen) atoms. The van der Waals surface area contributed by atoms with Crippen LogP contribution in [0.4, 0.5) is 5.00 Å². The number of halogens is 2. The number of rotatable bonds is 2. The van der Waals surface area contributed by atoms with E-state index in [1.807, 2.05) is 18.2 Å². The number of nitrogen functional groups attached to an aromatic ring is 1. The van der Waals surface area contributed by atoms with E-state index in [0.717, 1.165) is 25.2 Å². The molecule has 1 saturated carbocycles. The lowest BCUT2D eigenvalue weighted by atomic mass is 10.2. The largest absolute Gasteiger partial charge is 0.389 e. The summed E-state index contributed by atoms with van der Waals surface area (Å²) >= 11 is 8.60. The van der Waals surface area contributed by atoms with Crippen LogP contribution in [-0.4, -0.2) is 4.98 Å². The topological polar surface area (TPSA) is 38.9 Å². The van der Waals surface area contributed by atoms with E-state index in [9.17, 15) is 0 Å². The maximum atomic E-state index is 6.06. The van der Waals surface area contributed by atoms with E-state index in [1.165, 1.54) is 17.8 Å². The average Bonchev–Trinajstić information content (AvgIpc) is 3.07. The molecule has 1 fully saturated rings. The van der Waals surface area contributed by atoms with Crippen molar-refractivity contribution in [1.82, 2.24) is 4.98 Å². The number of thiazole rings is 1. The maximum absolute atomic E-state index is 6.06. The molecule has 0 radical (unpaired) electrons. The summed E-state index contributed by atoms with van der Waals surface area (Å²) in [5.41, 5.74) is 8.05. The lowest BCUT2D eigenvalue weighted by Crippen LogP contribution is -1.86. The monoisotopic (exact) mass is 372 g/mol. The summed E-state index contributed by atoms with van der Waals surface area (Å²) in [5, 5.41) is 2.01. The highest BCUT2D eigenvalue weighted by atomic mass is 79.9. The zero-order valence-electron chi connectivity index (χ0n) is 8.91.